The number of aliphatic hydroxyl groups excluding tert-OH is 1. The lowest BCUT2D eigenvalue weighted by Crippen LogP contribution is -2.35. The van der Waals surface area contributed by atoms with Crippen molar-refractivity contribution in [1.29, 1.82) is 0 Å². The zero-order valence-electron chi connectivity index (χ0n) is 18.2. The van der Waals surface area contributed by atoms with Crippen LogP contribution in [0.4, 0.5) is 0 Å². The number of likely N-dealkylation sites (tertiary alicyclic amines) is 1. The van der Waals surface area contributed by atoms with Crippen molar-refractivity contribution < 1.29 is 19.4 Å². The number of hydrogen-bond donors (Lipinski definition) is 1. The van der Waals surface area contributed by atoms with E-state index in [1.807, 2.05) is 50.2 Å². The number of ether oxygens (including phenoxy) is 1. The number of benzene rings is 2. The van der Waals surface area contributed by atoms with Gasteiger partial charge in [-0.2, -0.15) is 0 Å². The number of Topliss-reactive ketones (excluding diaryl/α,β-unsaturated/α-hetero) is 1. The van der Waals surface area contributed by atoms with Gasteiger partial charge in [0.25, 0.3) is 11.7 Å². The fourth-order valence-corrected chi connectivity index (χ4v) is 3.53. The van der Waals surface area contributed by atoms with Crippen molar-refractivity contribution in [3.8, 4) is 5.75 Å². The van der Waals surface area contributed by atoms with Crippen LogP contribution in [0.1, 0.15) is 22.7 Å². The van der Waals surface area contributed by atoms with Gasteiger partial charge in [-0.15, -0.1) is 0 Å². The topological polar surface area (TPSA) is 70.1 Å². The average Bonchev–Trinajstić information content (AvgIpc) is 3.01. The van der Waals surface area contributed by atoms with E-state index in [9.17, 15) is 14.7 Å². The van der Waals surface area contributed by atoms with Crippen molar-refractivity contribution in [2.45, 2.75) is 13.0 Å². The Kier molecular flexibility index (Phi) is 6.92. The van der Waals surface area contributed by atoms with Crippen molar-refractivity contribution in [2.24, 2.45) is 0 Å². The molecule has 3 rings (SSSR count). The maximum absolute atomic E-state index is 13.0. The van der Waals surface area contributed by atoms with E-state index >= 15 is 0 Å². The van der Waals surface area contributed by atoms with Crippen LogP contribution in [0.15, 0.2) is 66.8 Å². The number of carbonyl (C=O) groups is 2. The van der Waals surface area contributed by atoms with Gasteiger partial charge in [-0.05, 0) is 50.8 Å². The van der Waals surface area contributed by atoms with Gasteiger partial charge in [-0.3, -0.25) is 9.59 Å². The molecule has 1 saturated heterocycles. The summed E-state index contributed by atoms with van der Waals surface area (Å²) in [6.45, 7) is 6.94. The van der Waals surface area contributed by atoms with Crippen molar-refractivity contribution in [3.63, 3.8) is 0 Å². The third kappa shape index (κ3) is 4.86. The molecule has 0 saturated carbocycles. The Morgan fingerprint density at radius 1 is 1.13 bits per heavy atom. The number of hydrogen-bond acceptors (Lipinski definition) is 5. The molecule has 1 aliphatic rings. The molecule has 0 bridgehead atoms. The van der Waals surface area contributed by atoms with E-state index < -0.39 is 17.7 Å². The summed E-state index contributed by atoms with van der Waals surface area (Å²) >= 11 is 0. The van der Waals surface area contributed by atoms with Crippen LogP contribution in [0.5, 0.6) is 5.75 Å². The minimum atomic E-state index is -0.672. The molecular formula is C25H28N2O4. The van der Waals surface area contributed by atoms with E-state index in [1.54, 1.807) is 35.2 Å². The molecule has 0 aliphatic carbocycles. The van der Waals surface area contributed by atoms with Crippen molar-refractivity contribution >= 4 is 17.4 Å². The van der Waals surface area contributed by atoms with Gasteiger partial charge in [0.05, 0.1) is 11.6 Å². The number of aryl methyl sites for hydroxylation is 1. The first-order valence-corrected chi connectivity index (χ1v) is 10.2. The van der Waals surface area contributed by atoms with Crippen LogP contribution in [0.3, 0.4) is 0 Å². The fraction of sp³-hybridized carbons (Fsp3) is 0.280. The van der Waals surface area contributed by atoms with Crippen LogP contribution in [0.25, 0.3) is 5.76 Å². The molecule has 1 fully saturated rings. The molecule has 6 nitrogen and oxygen atoms in total. The van der Waals surface area contributed by atoms with Crippen LogP contribution in [0, 0.1) is 6.92 Å². The number of carbonyl (C=O) groups excluding carboxylic acids is 2. The van der Waals surface area contributed by atoms with Gasteiger partial charge in [-0.1, -0.05) is 42.5 Å². The molecule has 0 aromatic heterocycles. The molecule has 162 valence electrons. The van der Waals surface area contributed by atoms with Gasteiger partial charge in [0.1, 0.15) is 18.1 Å². The molecule has 2 aromatic rings. The second kappa shape index (κ2) is 9.62. The summed E-state index contributed by atoms with van der Waals surface area (Å²) in [5.74, 6) is -0.835. The molecule has 2 aromatic carbocycles. The molecule has 31 heavy (non-hydrogen) atoms. The lowest BCUT2D eigenvalue weighted by molar-refractivity contribution is -0.140. The first kappa shape index (κ1) is 22.3. The van der Waals surface area contributed by atoms with Crippen molar-refractivity contribution in [3.05, 3.63) is 83.4 Å². The molecule has 0 radical (unpaired) electrons. The maximum atomic E-state index is 13.0. The normalized spacial score (nSPS) is 17.9. The number of ketones is 1. The summed E-state index contributed by atoms with van der Waals surface area (Å²) in [4.78, 5) is 29.3. The van der Waals surface area contributed by atoms with E-state index in [0.717, 1.165) is 11.1 Å². The van der Waals surface area contributed by atoms with Crippen LogP contribution < -0.4 is 4.74 Å². The van der Waals surface area contributed by atoms with E-state index in [-0.39, 0.29) is 11.3 Å². The van der Waals surface area contributed by atoms with Crippen LogP contribution >= 0.6 is 0 Å². The Hall–Kier alpha value is -3.38. The minimum Gasteiger partial charge on any atom is -0.507 e. The summed E-state index contributed by atoms with van der Waals surface area (Å²) < 4.78 is 5.48. The first-order valence-electron chi connectivity index (χ1n) is 10.2. The Morgan fingerprint density at radius 2 is 1.77 bits per heavy atom. The maximum Gasteiger partial charge on any atom is 0.295 e. The van der Waals surface area contributed by atoms with Crippen LogP contribution in [-0.4, -0.2) is 60.4 Å². The molecule has 1 atom stereocenters. The highest BCUT2D eigenvalue weighted by atomic mass is 16.5. The highest BCUT2D eigenvalue weighted by molar-refractivity contribution is 6.46. The predicted molar refractivity (Wildman–Crippen MR) is 121 cm³/mol. The predicted octanol–water partition coefficient (Wildman–Crippen LogP) is 3.54. The lowest BCUT2D eigenvalue weighted by atomic mass is 9.94. The number of likely N-dealkylation sites (N-methyl/N-ethyl adjacent to an activating group) is 1. The quantitative estimate of drug-likeness (QED) is 0.306. The highest BCUT2D eigenvalue weighted by Gasteiger charge is 2.45. The van der Waals surface area contributed by atoms with E-state index in [4.69, 9.17) is 4.74 Å². The summed E-state index contributed by atoms with van der Waals surface area (Å²) in [6, 6.07) is 13.8. The lowest BCUT2D eigenvalue weighted by Gasteiger charge is -2.26. The van der Waals surface area contributed by atoms with Gasteiger partial charge in [-0.25, -0.2) is 0 Å². The summed E-state index contributed by atoms with van der Waals surface area (Å²) in [5, 5.41) is 11.1. The van der Waals surface area contributed by atoms with Gasteiger partial charge in [0.15, 0.2) is 0 Å². The average molecular weight is 421 g/mol. The smallest absolute Gasteiger partial charge is 0.295 e. The third-order valence-electron chi connectivity index (χ3n) is 5.22. The highest BCUT2D eigenvalue weighted by Crippen LogP contribution is 2.39. The first-order chi connectivity index (χ1) is 14.8. The Bertz CT molecular complexity index is 991. The Balaban J connectivity index is 2.05. The summed E-state index contributed by atoms with van der Waals surface area (Å²) in [6.07, 6.45) is 1.64. The fourth-order valence-electron chi connectivity index (χ4n) is 3.53. The third-order valence-corrected chi connectivity index (χ3v) is 5.22. The molecule has 1 heterocycles. The van der Waals surface area contributed by atoms with Gasteiger partial charge in [0, 0.05) is 18.7 Å². The molecule has 6 heteroatoms. The largest absolute Gasteiger partial charge is 0.507 e. The summed E-state index contributed by atoms with van der Waals surface area (Å²) in [5.41, 5.74) is 2.42. The molecule has 1 aliphatic heterocycles. The second-order valence-corrected chi connectivity index (χ2v) is 7.83. The second-order valence-electron chi connectivity index (χ2n) is 7.83. The zero-order valence-corrected chi connectivity index (χ0v) is 18.2. The Labute approximate surface area is 183 Å². The Morgan fingerprint density at radius 3 is 2.35 bits per heavy atom. The van der Waals surface area contributed by atoms with Crippen LogP contribution in [-0.2, 0) is 9.59 Å². The van der Waals surface area contributed by atoms with Crippen LogP contribution in [0.2, 0.25) is 0 Å². The van der Waals surface area contributed by atoms with E-state index in [2.05, 4.69) is 6.58 Å². The minimum absolute atomic E-state index is 0.104. The standard InChI is InChI=1S/C25H28N2O4/c1-5-16-31-20-12-10-19(11-13-20)23(28)21-22(18-8-6-17(2)7-9-18)27(15-14-26(3)4)25(30)24(21)29/h5-13,22,28H,1,14-16H2,2-4H3/b23-21+/t22-/m0/s1. The van der Waals surface area contributed by atoms with Gasteiger partial charge < -0.3 is 19.6 Å². The molecular weight excluding hydrogens is 392 g/mol. The number of rotatable bonds is 8. The number of amides is 1. The number of nitrogens with zero attached hydrogens (tertiary/aromatic N) is 2. The molecule has 1 amide bonds. The van der Waals surface area contributed by atoms with Crippen molar-refractivity contribution in [2.75, 3.05) is 33.8 Å². The number of aliphatic hydroxyl groups is 1. The van der Waals surface area contributed by atoms with Gasteiger partial charge >= 0.3 is 0 Å². The molecule has 1 N–H and O–H groups in total. The molecule has 0 unspecified atom stereocenters. The molecule has 0 spiro atoms. The van der Waals surface area contributed by atoms with E-state index in [1.165, 1.54) is 0 Å². The summed E-state index contributed by atoms with van der Waals surface area (Å²) in [7, 11) is 3.82. The zero-order chi connectivity index (χ0) is 22.5. The van der Waals surface area contributed by atoms with Gasteiger partial charge in [0.2, 0.25) is 0 Å². The SMILES string of the molecule is C=CCOc1ccc(/C(O)=C2\C(=O)C(=O)N(CCN(C)C)[C@H]2c2ccc(C)cc2)cc1. The van der Waals surface area contributed by atoms with Crippen molar-refractivity contribution in [1.82, 2.24) is 9.80 Å². The van der Waals surface area contributed by atoms with E-state index in [0.29, 0.717) is 31.0 Å². The monoisotopic (exact) mass is 420 g/mol.